The molecule has 1 aromatic carbocycles. The molecule has 27 heavy (non-hydrogen) atoms. The Morgan fingerprint density at radius 2 is 1.26 bits per heavy atom. The van der Waals surface area contributed by atoms with Gasteiger partial charge in [-0.2, -0.15) is 0 Å². The molecule has 0 amide bonds. The van der Waals surface area contributed by atoms with E-state index in [4.69, 9.17) is 0 Å². The third-order valence-electron chi connectivity index (χ3n) is 4.84. The highest BCUT2D eigenvalue weighted by molar-refractivity contribution is 7.85. The van der Waals surface area contributed by atoms with Crippen LogP contribution in [0.5, 0.6) is 0 Å². The highest BCUT2D eigenvalue weighted by atomic mass is 32.2. The van der Waals surface area contributed by atoms with Gasteiger partial charge in [-0.3, -0.25) is 0 Å². The van der Waals surface area contributed by atoms with Gasteiger partial charge >= 0.3 is 0 Å². The first-order valence-electron chi connectivity index (χ1n) is 10.2. The van der Waals surface area contributed by atoms with Crippen molar-refractivity contribution in [3.8, 4) is 0 Å². The van der Waals surface area contributed by atoms with Crippen LogP contribution in [0.4, 0.5) is 0 Å². The second-order valence-corrected chi connectivity index (χ2v) is 8.67. The molecule has 1 N–H and O–H groups in total. The molecule has 0 bridgehead atoms. The van der Waals surface area contributed by atoms with Gasteiger partial charge in [-0.15, -0.1) is 0 Å². The lowest BCUT2D eigenvalue weighted by Gasteiger charge is -2.38. The average Bonchev–Trinajstić information content (AvgIpc) is 2.63. The van der Waals surface area contributed by atoms with Crippen LogP contribution >= 0.6 is 0 Å². The first kappa shape index (κ1) is 26.1. The molecule has 0 heterocycles. The Kier molecular flexibility index (Phi) is 13.6. The molecule has 0 atom stereocenters. The standard InChI is InChI=1S/C14H32NO.C7H8O3S/c1-4-7-10-15(13-14-16,11-8-5-2)12-9-6-3;1-6-2-4-7(5-3-6)11(8,9)10/h16H,4-14H2,1-3H3;2-5H,1H3,(H,8,9,10)/q+1;/p-1. The topological polar surface area (TPSA) is 77.4 Å². The number of nitrogens with zero attached hydrogens (tertiary/aromatic N) is 1. The van der Waals surface area contributed by atoms with Crippen LogP contribution in [-0.4, -0.2) is 55.3 Å². The molecule has 1 rings (SSSR count). The fraction of sp³-hybridized carbons (Fsp3) is 0.714. The minimum atomic E-state index is -4.27. The zero-order chi connectivity index (χ0) is 20.8. The van der Waals surface area contributed by atoms with Gasteiger partial charge in [0.15, 0.2) is 0 Å². The molecule has 0 saturated carbocycles. The van der Waals surface area contributed by atoms with Crippen LogP contribution in [0, 0.1) is 6.92 Å². The Morgan fingerprint density at radius 3 is 1.56 bits per heavy atom. The summed E-state index contributed by atoms with van der Waals surface area (Å²) in [4.78, 5) is -0.178. The molecule has 6 heteroatoms. The van der Waals surface area contributed by atoms with E-state index in [9.17, 15) is 18.1 Å². The van der Waals surface area contributed by atoms with E-state index in [-0.39, 0.29) is 4.90 Å². The van der Waals surface area contributed by atoms with Crippen molar-refractivity contribution in [3.63, 3.8) is 0 Å². The summed E-state index contributed by atoms with van der Waals surface area (Å²) in [5.41, 5.74) is 0.928. The van der Waals surface area contributed by atoms with Crippen molar-refractivity contribution in [1.29, 1.82) is 0 Å². The molecule has 0 fully saturated rings. The van der Waals surface area contributed by atoms with Gasteiger partial charge in [0.05, 0.1) is 31.1 Å². The van der Waals surface area contributed by atoms with Gasteiger partial charge in [-0.1, -0.05) is 57.7 Å². The first-order chi connectivity index (χ1) is 12.7. The Morgan fingerprint density at radius 1 is 0.852 bits per heavy atom. The van der Waals surface area contributed by atoms with E-state index in [0.29, 0.717) is 6.61 Å². The number of aryl methyl sites for hydroxylation is 1. The number of unbranched alkanes of at least 4 members (excludes halogenated alkanes) is 3. The molecule has 1 aromatic rings. The van der Waals surface area contributed by atoms with Crippen LogP contribution in [0.15, 0.2) is 29.2 Å². The van der Waals surface area contributed by atoms with E-state index < -0.39 is 10.1 Å². The average molecular weight is 402 g/mol. The number of hydrogen-bond acceptors (Lipinski definition) is 4. The Bertz CT molecular complexity index is 563. The third kappa shape index (κ3) is 11.5. The van der Waals surface area contributed by atoms with Crippen molar-refractivity contribution in [3.05, 3.63) is 29.8 Å². The fourth-order valence-corrected chi connectivity index (χ4v) is 3.54. The molecule has 0 spiro atoms. The SMILES string of the molecule is CCCC[N+](CCO)(CCCC)CCCC.Cc1ccc(S(=O)(=O)[O-])cc1. The molecule has 0 radical (unpaired) electrons. The Balaban J connectivity index is 0.000000533. The Labute approximate surface area is 166 Å². The molecule has 0 aliphatic heterocycles. The third-order valence-corrected chi connectivity index (χ3v) is 5.69. The fourth-order valence-electron chi connectivity index (χ4n) is 3.07. The zero-order valence-corrected chi connectivity index (χ0v) is 18.4. The summed E-state index contributed by atoms with van der Waals surface area (Å²) in [5, 5.41) is 9.28. The van der Waals surface area contributed by atoms with Gasteiger partial charge in [0.2, 0.25) is 0 Å². The minimum Gasteiger partial charge on any atom is -0.744 e. The van der Waals surface area contributed by atoms with E-state index in [1.165, 1.54) is 70.3 Å². The number of aliphatic hydroxyl groups excluding tert-OH is 1. The predicted octanol–water partition coefficient (Wildman–Crippen LogP) is 4.09. The van der Waals surface area contributed by atoms with Crippen molar-refractivity contribution in [2.24, 2.45) is 0 Å². The van der Waals surface area contributed by atoms with Crippen molar-refractivity contribution in [2.45, 2.75) is 71.1 Å². The summed E-state index contributed by atoms with van der Waals surface area (Å²) < 4.78 is 32.3. The number of aliphatic hydroxyl groups is 1. The Hall–Kier alpha value is -0.950. The van der Waals surface area contributed by atoms with Crippen molar-refractivity contribution >= 4 is 10.1 Å². The van der Waals surface area contributed by atoms with E-state index in [0.717, 1.165) is 16.6 Å². The maximum Gasteiger partial charge on any atom is 0.124 e. The molecule has 0 aliphatic rings. The molecule has 5 nitrogen and oxygen atoms in total. The number of quaternary nitrogens is 1. The zero-order valence-electron chi connectivity index (χ0n) is 17.6. The molecule has 158 valence electrons. The van der Waals surface area contributed by atoms with Crippen LogP contribution in [0.3, 0.4) is 0 Å². The lowest BCUT2D eigenvalue weighted by Crippen LogP contribution is -2.51. The van der Waals surface area contributed by atoms with Crippen LogP contribution in [-0.2, 0) is 10.1 Å². The van der Waals surface area contributed by atoms with Gasteiger partial charge in [0.25, 0.3) is 0 Å². The van der Waals surface area contributed by atoms with Gasteiger partial charge < -0.3 is 14.1 Å². The van der Waals surface area contributed by atoms with Gasteiger partial charge in [-0.05, 0) is 38.3 Å². The first-order valence-corrected chi connectivity index (χ1v) is 11.6. The second-order valence-electron chi connectivity index (χ2n) is 7.29. The van der Waals surface area contributed by atoms with Gasteiger partial charge in [0.1, 0.15) is 16.7 Å². The molecule has 0 aliphatic carbocycles. The number of hydrogen-bond donors (Lipinski definition) is 1. The summed E-state index contributed by atoms with van der Waals surface area (Å²) in [6.45, 7) is 13.7. The van der Waals surface area contributed by atoms with Crippen molar-refractivity contribution < 1.29 is 22.6 Å². The summed E-state index contributed by atoms with van der Waals surface area (Å²) >= 11 is 0. The lowest BCUT2D eigenvalue weighted by molar-refractivity contribution is -0.929. The van der Waals surface area contributed by atoms with E-state index in [1.807, 2.05) is 6.92 Å². The smallest absolute Gasteiger partial charge is 0.124 e. The molecule has 0 saturated heterocycles. The summed E-state index contributed by atoms with van der Waals surface area (Å²) in [6, 6.07) is 5.78. The van der Waals surface area contributed by atoms with E-state index in [1.54, 1.807) is 12.1 Å². The van der Waals surface area contributed by atoms with Gasteiger partial charge in [0, 0.05) is 0 Å². The second kappa shape index (κ2) is 14.1. The normalized spacial score (nSPS) is 11.8. The molecular weight excluding hydrogens is 362 g/mol. The monoisotopic (exact) mass is 401 g/mol. The molecule has 0 aromatic heterocycles. The summed E-state index contributed by atoms with van der Waals surface area (Å²) in [6.07, 6.45) is 7.70. The van der Waals surface area contributed by atoms with Crippen molar-refractivity contribution in [2.75, 3.05) is 32.8 Å². The van der Waals surface area contributed by atoms with Crippen LogP contribution < -0.4 is 0 Å². The lowest BCUT2D eigenvalue weighted by atomic mass is 10.1. The quantitative estimate of drug-likeness (QED) is 0.423. The largest absolute Gasteiger partial charge is 0.744 e. The maximum atomic E-state index is 10.4. The predicted molar refractivity (Wildman–Crippen MR) is 111 cm³/mol. The van der Waals surface area contributed by atoms with E-state index >= 15 is 0 Å². The summed E-state index contributed by atoms with van der Waals surface area (Å²) in [5.74, 6) is 0. The van der Waals surface area contributed by atoms with Crippen molar-refractivity contribution in [1.82, 2.24) is 0 Å². The summed E-state index contributed by atoms with van der Waals surface area (Å²) in [7, 11) is -4.27. The van der Waals surface area contributed by atoms with Crippen LogP contribution in [0.25, 0.3) is 0 Å². The molecule has 0 unspecified atom stereocenters. The van der Waals surface area contributed by atoms with E-state index in [2.05, 4.69) is 20.8 Å². The highest BCUT2D eigenvalue weighted by Crippen LogP contribution is 2.14. The maximum absolute atomic E-state index is 10.4. The highest BCUT2D eigenvalue weighted by Gasteiger charge is 2.24. The molecular formula is C21H39NO4S. The van der Waals surface area contributed by atoms with Crippen LogP contribution in [0.1, 0.15) is 64.9 Å². The minimum absolute atomic E-state index is 0.178. The van der Waals surface area contributed by atoms with Gasteiger partial charge in [-0.25, -0.2) is 8.42 Å². The number of benzene rings is 1. The van der Waals surface area contributed by atoms with Crippen LogP contribution in [0.2, 0.25) is 0 Å². The number of rotatable bonds is 12.